The molecular formula is C17H12BrClN6O. The minimum atomic E-state index is 0.247. The molecule has 0 saturated heterocycles. The number of rotatable bonds is 5. The molecule has 2 heterocycles. The van der Waals surface area contributed by atoms with Crippen molar-refractivity contribution in [2.45, 2.75) is 13.0 Å². The average Bonchev–Trinajstić information content (AvgIpc) is 3.27. The molecule has 2 aromatic carbocycles. The zero-order chi connectivity index (χ0) is 17.9. The van der Waals surface area contributed by atoms with Gasteiger partial charge in [-0.05, 0) is 35.0 Å². The van der Waals surface area contributed by atoms with E-state index in [4.69, 9.17) is 16.0 Å². The Hall–Kier alpha value is -2.58. The standard InChI is InChI=1S/C17H12BrClN6O/c18-14-7-2-1-4-11(14)9-15-20-24-25(23-15)10-16-21-22-17(26-16)12-5-3-6-13(19)8-12/h1-8H,9-10H2. The molecule has 0 aliphatic rings. The van der Waals surface area contributed by atoms with Crippen LogP contribution in [0.15, 0.2) is 57.4 Å². The van der Waals surface area contributed by atoms with Crippen LogP contribution in [0.5, 0.6) is 0 Å². The second kappa shape index (κ2) is 7.35. The van der Waals surface area contributed by atoms with E-state index in [1.54, 1.807) is 12.1 Å². The maximum atomic E-state index is 5.99. The zero-order valence-electron chi connectivity index (χ0n) is 13.4. The smallest absolute Gasteiger partial charge is 0.247 e. The van der Waals surface area contributed by atoms with Gasteiger partial charge in [0.25, 0.3) is 0 Å². The highest BCUT2D eigenvalue weighted by atomic mass is 79.9. The summed E-state index contributed by atoms with van der Waals surface area (Å²) in [4.78, 5) is 1.43. The fourth-order valence-electron chi connectivity index (χ4n) is 2.40. The Kier molecular flexibility index (Phi) is 4.77. The Bertz CT molecular complexity index is 1050. The van der Waals surface area contributed by atoms with Crippen molar-refractivity contribution in [2.24, 2.45) is 0 Å². The van der Waals surface area contributed by atoms with Crippen LogP contribution in [0.2, 0.25) is 5.02 Å². The maximum Gasteiger partial charge on any atom is 0.247 e. The van der Waals surface area contributed by atoms with Gasteiger partial charge in [-0.3, -0.25) is 0 Å². The molecule has 4 rings (SSSR count). The van der Waals surface area contributed by atoms with Gasteiger partial charge in [0, 0.05) is 21.5 Å². The van der Waals surface area contributed by atoms with Gasteiger partial charge in [0.05, 0.1) is 0 Å². The number of tetrazole rings is 1. The molecule has 26 heavy (non-hydrogen) atoms. The lowest BCUT2D eigenvalue weighted by Gasteiger charge is -1.99. The van der Waals surface area contributed by atoms with Gasteiger partial charge in [0.2, 0.25) is 11.8 Å². The van der Waals surface area contributed by atoms with Crippen molar-refractivity contribution in [3.63, 3.8) is 0 Å². The third-order valence-electron chi connectivity index (χ3n) is 3.62. The SMILES string of the molecule is Clc1cccc(-c2nnc(Cn3nnc(Cc4ccccc4Br)n3)o2)c1. The van der Waals surface area contributed by atoms with E-state index in [2.05, 4.69) is 41.5 Å². The van der Waals surface area contributed by atoms with E-state index in [1.165, 1.54) is 4.80 Å². The molecule has 0 aliphatic heterocycles. The molecule has 0 radical (unpaired) electrons. The van der Waals surface area contributed by atoms with Gasteiger partial charge in [-0.2, -0.15) is 4.80 Å². The number of aromatic nitrogens is 6. The Morgan fingerprint density at radius 3 is 2.77 bits per heavy atom. The van der Waals surface area contributed by atoms with E-state index < -0.39 is 0 Å². The second-order valence-corrected chi connectivity index (χ2v) is 6.81. The first-order chi connectivity index (χ1) is 12.7. The first kappa shape index (κ1) is 16.9. The molecule has 0 aliphatic carbocycles. The van der Waals surface area contributed by atoms with Crippen LogP contribution in [0.4, 0.5) is 0 Å². The summed E-state index contributed by atoms with van der Waals surface area (Å²) in [5.41, 5.74) is 1.85. The molecule has 0 atom stereocenters. The zero-order valence-corrected chi connectivity index (χ0v) is 15.7. The average molecular weight is 432 g/mol. The van der Waals surface area contributed by atoms with Crippen LogP contribution in [0.25, 0.3) is 11.5 Å². The van der Waals surface area contributed by atoms with Gasteiger partial charge in [0.1, 0.15) is 6.54 Å². The molecular weight excluding hydrogens is 420 g/mol. The third-order valence-corrected chi connectivity index (χ3v) is 4.62. The molecule has 0 bridgehead atoms. The molecule has 0 amide bonds. The summed E-state index contributed by atoms with van der Waals surface area (Å²) in [6, 6.07) is 15.2. The molecule has 9 heteroatoms. The van der Waals surface area contributed by atoms with E-state index >= 15 is 0 Å². The Morgan fingerprint density at radius 2 is 1.92 bits per heavy atom. The minimum Gasteiger partial charge on any atom is -0.419 e. The monoisotopic (exact) mass is 430 g/mol. The van der Waals surface area contributed by atoms with Crippen molar-refractivity contribution in [3.8, 4) is 11.5 Å². The fourth-order valence-corrected chi connectivity index (χ4v) is 3.02. The lowest BCUT2D eigenvalue weighted by Crippen LogP contribution is -2.04. The predicted octanol–water partition coefficient (Wildman–Crippen LogP) is 3.78. The second-order valence-electron chi connectivity index (χ2n) is 5.52. The lowest BCUT2D eigenvalue weighted by atomic mass is 10.1. The van der Waals surface area contributed by atoms with E-state index in [1.807, 2.05) is 36.4 Å². The van der Waals surface area contributed by atoms with Crippen molar-refractivity contribution in [3.05, 3.63) is 75.3 Å². The minimum absolute atomic E-state index is 0.247. The van der Waals surface area contributed by atoms with Gasteiger partial charge in [-0.25, -0.2) is 0 Å². The summed E-state index contributed by atoms with van der Waals surface area (Å²) in [6.07, 6.45) is 0.582. The van der Waals surface area contributed by atoms with E-state index in [0.29, 0.717) is 29.0 Å². The highest BCUT2D eigenvalue weighted by Crippen LogP contribution is 2.21. The number of hydrogen-bond acceptors (Lipinski definition) is 6. The molecule has 0 spiro atoms. The number of benzene rings is 2. The van der Waals surface area contributed by atoms with Crippen LogP contribution in [-0.4, -0.2) is 30.4 Å². The first-order valence-electron chi connectivity index (χ1n) is 7.76. The number of hydrogen-bond donors (Lipinski definition) is 0. The summed E-state index contributed by atoms with van der Waals surface area (Å²) in [5, 5.41) is 21.2. The molecule has 0 saturated carbocycles. The first-order valence-corrected chi connectivity index (χ1v) is 8.93. The van der Waals surface area contributed by atoms with Crippen molar-refractivity contribution < 1.29 is 4.42 Å². The molecule has 7 nitrogen and oxygen atoms in total. The van der Waals surface area contributed by atoms with Gasteiger partial charge in [-0.15, -0.1) is 20.4 Å². The molecule has 130 valence electrons. The molecule has 0 fully saturated rings. The van der Waals surface area contributed by atoms with Crippen LogP contribution in [0.1, 0.15) is 17.3 Å². The molecule has 0 N–H and O–H groups in total. The van der Waals surface area contributed by atoms with Crippen molar-refractivity contribution in [1.82, 2.24) is 30.4 Å². The van der Waals surface area contributed by atoms with Gasteiger partial charge < -0.3 is 4.42 Å². The fraction of sp³-hybridized carbons (Fsp3) is 0.118. The number of halogens is 2. The Labute approximate surface area is 162 Å². The maximum absolute atomic E-state index is 5.99. The molecule has 4 aromatic rings. The summed E-state index contributed by atoms with van der Waals surface area (Å²) < 4.78 is 6.67. The van der Waals surface area contributed by atoms with Crippen molar-refractivity contribution >= 4 is 27.5 Å². The largest absolute Gasteiger partial charge is 0.419 e. The molecule has 0 unspecified atom stereocenters. The van der Waals surface area contributed by atoms with Gasteiger partial charge >= 0.3 is 0 Å². The summed E-state index contributed by atoms with van der Waals surface area (Å²) >= 11 is 9.50. The predicted molar refractivity (Wildman–Crippen MR) is 98.6 cm³/mol. The topological polar surface area (TPSA) is 82.5 Å². The lowest BCUT2D eigenvalue weighted by molar-refractivity contribution is 0.446. The normalized spacial score (nSPS) is 11.0. The number of nitrogens with zero attached hydrogens (tertiary/aromatic N) is 6. The van der Waals surface area contributed by atoms with Crippen LogP contribution in [0.3, 0.4) is 0 Å². The summed E-state index contributed by atoms with van der Waals surface area (Å²) in [6.45, 7) is 0.247. The van der Waals surface area contributed by atoms with Gasteiger partial charge in [-0.1, -0.05) is 51.8 Å². The van der Waals surface area contributed by atoms with Crippen LogP contribution >= 0.6 is 27.5 Å². The summed E-state index contributed by atoms with van der Waals surface area (Å²) in [7, 11) is 0. The van der Waals surface area contributed by atoms with Crippen molar-refractivity contribution in [1.29, 1.82) is 0 Å². The highest BCUT2D eigenvalue weighted by molar-refractivity contribution is 9.10. The van der Waals surface area contributed by atoms with Gasteiger partial charge in [0.15, 0.2) is 5.82 Å². The van der Waals surface area contributed by atoms with Crippen LogP contribution in [-0.2, 0) is 13.0 Å². The van der Waals surface area contributed by atoms with Crippen LogP contribution in [0, 0.1) is 0 Å². The van der Waals surface area contributed by atoms with E-state index in [-0.39, 0.29) is 6.54 Å². The van der Waals surface area contributed by atoms with Crippen molar-refractivity contribution in [2.75, 3.05) is 0 Å². The van der Waals surface area contributed by atoms with E-state index in [0.717, 1.165) is 15.6 Å². The summed E-state index contributed by atoms with van der Waals surface area (Å²) in [5.74, 6) is 1.41. The Morgan fingerprint density at radius 1 is 1.04 bits per heavy atom. The third kappa shape index (κ3) is 3.81. The van der Waals surface area contributed by atoms with E-state index in [9.17, 15) is 0 Å². The molecule has 2 aromatic heterocycles. The highest BCUT2D eigenvalue weighted by Gasteiger charge is 2.12. The van der Waals surface area contributed by atoms with Crippen LogP contribution < -0.4 is 0 Å². The Balaban J connectivity index is 1.47. The quantitative estimate of drug-likeness (QED) is 0.478.